The minimum atomic E-state index is -1.74. The number of aliphatic hydroxyl groups is 2. The van der Waals surface area contributed by atoms with E-state index in [9.17, 15) is 15.0 Å². The number of halogens is 2. The lowest BCUT2D eigenvalue weighted by atomic mass is 10.2. The summed E-state index contributed by atoms with van der Waals surface area (Å²) >= 11 is 11.6. The Morgan fingerprint density at radius 2 is 2.06 bits per heavy atom. The monoisotopic (exact) mass is 276 g/mol. The van der Waals surface area contributed by atoms with Gasteiger partial charge in [-0.2, -0.15) is 0 Å². The van der Waals surface area contributed by atoms with Crippen LogP contribution in [0.1, 0.15) is 6.92 Å². The van der Waals surface area contributed by atoms with Gasteiger partial charge in [-0.15, -0.1) is 0 Å². The van der Waals surface area contributed by atoms with Crippen LogP contribution in [0.25, 0.3) is 0 Å². The number of aliphatic hydroxyl groups excluding tert-OH is 1. The molecule has 1 aromatic carbocycles. The first-order valence-corrected chi connectivity index (χ1v) is 5.56. The number of anilines is 1. The minimum Gasteiger partial charge on any atom is -0.369 e. The van der Waals surface area contributed by atoms with Crippen molar-refractivity contribution in [1.82, 2.24) is 5.32 Å². The topological polar surface area (TPSA) is 72.8 Å². The fourth-order valence-corrected chi connectivity index (χ4v) is 1.94. The van der Waals surface area contributed by atoms with Crippen LogP contribution in [0.2, 0.25) is 10.0 Å². The van der Waals surface area contributed by atoms with Crippen molar-refractivity contribution in [2.24, 2.45) is 0 Å². The third kappa shape index (κ3) is 1.95. The van der Waals surface area contributed by atoms with Crippen molar-refractivity contribution < 1.29 is 15.0 Å². The van der Waals surface area contributed by atoms with E-state index in [0.717, 1.165) is 4.90 Å². The zero-order chi connectivity index (χ0) is 12.8. The molecule has 92 valence electrons. The molecule has 2 unspecified atom stereocenters. The highest BCUT2D eigenvalue weighted by Crippen LogP contribution is 2.33. The Hall–Kier alpha value is -1.01. The van der Waals surface area contributed by atoms with Gasteiger partial charge in [0.2, 0.25) is 0 Å². The average molecular weight is 277 g/mol. The zero-order valence-electron chi connectivity index (χ0n) is 8.82. The van der Waals surface area contributed by atoms with Gasteiger partial charge in [0.05, 0.1) is 15.7 Å². The number of nitrogens with zero attached hydrogens (tertiary/aromatic N) is 1. The number of carbonyl (C=O) groups excluding carboxylic acids is 1. The van der Waals surface area contributed by atoms with Gasteiger partial charge in [0, 0.05) is 0 Å². The summed E-state index contributed by atoms with van der Waals surface area (Å²) in [6.45, 7) is 1.32. The molecular formula is C10H10Cl2N2O3. The van der Waals surface area contributed by atoms with Crippen molar-refractivity contribution in [3.8, 4) is 0 Å². The van der Waals surface area contributed by atoms with E-state index in [1.807, 2.05) is 0 Å². The number of rotatable bonds is 1. The molecular weight excluding hydrogens is 267 g/mol. The molecule has 1 aliphatic heterocycles. The van der Waals surface area contributed by atoms with E-state index < -0.39 is 18.0 Å². The largest absolute Gasteiger partial charge is 0.369 e. The summed E-state index contributed by atoms with van der Waals surface area (Å²) in [5.74, 6) is 0. The first kappa shape index (κ1) is 12.4. The van der Waals surface area contributed by atoms with Crippen LogP contribution in [-0.2, 0) is 0 Å². The normalized spacial score (nSPS) is 28.4. The number of nitrogens with one attached hydrogen (secondary N) is 1. The molecule has 0 aromatic heterocycles. The first-order chi connectivity index (χ1) is 7.84. The molecule has 1 fully saturated rings. The summed E-state index contributed by atoms with van der Waals surface area (Å²) in [4.78, 5) is 12.6. The van der Waals surface area contributed by atoms with Crippen LogP contribution < -0.4 is 10.2 Å². The van der Waals surface area contributed by atoms with Gasteiger partial charge in [-0.05, 0) is 25.1 Å². The van der Waals surface area contributed by atoms with Crippen molar-refractivity contribution >= 4 is 34.9 Å². The van der Waals surface area contributed by atoms with E-state index in [-0.39, 0.29) is 5.02 Å². The van der Waals surface area contributed by atoms with Gasteiger partial charge in [0.15, 0.2) is 12.0 Å². The number of carbonyl (C=O) groups is 1. The molecule has 1 aromatic rings. The molecule has 0 saturated carbocycles. The lowest BCUT2D eigenvalue weighted by Crippen LogP contribution is -2.49. The highest BCUT2D eigenvalue weighted by molar-refractivity contribution is 6.42. The average Bonchev–Trinajstić information content (AvgIpc) is 2.42. The molecule has 2 amide bonds. The minimum absolute atomic E-state index is 0.258. The molecule has 3 N–H and O–H groups in total. The maximum absolute atomic E-state index is 11.6. The second-order valence-corrected chi connectivity index (χ2v) is 4.69. The van der Waals surface area contributed by atoms with E-state index in [0.29, 0.717) is 10.7 Å². The Kier molecular flexibility index (Phi) is 2.95. The van der Waals surface area contributed by atoms with Crippen LogP contribution in [0.3, 0.4) is 0 Å². The first-order valence-electron chi connectivity index (χ1n) is 4.80. The second kappa shape index (κ2) is 4.03. The van der Waals surface area contributed by atoms with Crippen molar-refractivity contribution in [1.29, 1.82) is 0 Å². The predicted octanol–water partition coefficient (Wildman–Crippen LogP) is 1.55. The number of hydrogen-bond donors (Lipinski definition) is 3. The molecule has 0 spiro atoms. The van der Waals surface area contributed by atoms with Gasteiger partial charge in [-0.1, -0.05) is 23.2 Å². The highest BCUT2D eigenvalue weighted by Gasteiger charge is 2.48. The lowest BCUT2D eigenvalue weighted by Gasteiger charge is -2.30. The summed E-state index contributed by atoms with van der Waals surface area (Å²) in [5.41, 5.74) is -1.40. The van der Waals surface area contributed by atoms with Gasteiger partial charge >= 0.3 is 6.03 Å². The zero-order valence-corrected chi connectivity index (χ0v) is 10.3. The van der Waals surface area contributed by atoms with Gasteiger partial charge < -0.3 is 15.5 Å². The molecule has 1 saturated heterocycles. The van der Waals surface area contributed by atoms with Gasteiger partial charge in [0.25, 0.3) is 0 Å². The summed E-state index contributed by atoms with van der Waals surface area (Å²) in [7, 11) is 0. The summed E-state index contributed by atoms with van der Waals surface area (Å²) in [6, 6.07) is 3.87. The van der Waals surface area contributed by atoms with Crippen molar-refractivity contribution in [3.05, 3.63) is 28.2 Å². The molecule has 7 heteroatoms. The number of urea groups is 1. The molecule has 5 nitrogen and oxygen atoms in total. The predicted molar refractivity (Wildman–Crippen MR) is 64.1 cm³/mol. The molecule has 17 heavy (non-hydrogen) atoms. The second-order valence-electron chi connectivity index (χ2n) is 3.88. The maximum atomic E-state index is 11.6. The molecule has 0 bridgehead atoms. The number of benzene rings is 1. The Morgan fingerprint density at radius 3 is 2.53 bits per heavy atom. The summed E-state index contributed by atoms with van der Waals surface area (Å²) < 4.78 is 0. The third-order valence-electron chi connectivity index (χ3n) is 2.60. The lowest BCUT2D eigenvalue weighted by molar-refractivity contribution is -0.0453. The Morgan fingerprint density at radius 1 is 1.41 bits per heavy atom. The van der Waals surface area contributed by atoms with Crippen molar-refractivity contribution in [2.45, 2.75) is 18.9 Å². The van der Waals surface area contributed by atoms with Crippen LogP contribution in [0, 0.1) is 0 Å². The fraction of sp³-hybridized carbons (Fsp3) is 0.300. The summed E-state index contributed by atoms with van der Waals surface area (Å²) in [6.07, 6.45) is -1.37. The van der Waals surface area contributed by atoms with Crippen LogP contribution in [0.4, 0.5) is 10.5 Å². The van der Waals surface area contributed by atoms with Crippen LogP contribution in [0.15, 0.2) is 18.2 Å². The molecule has 0 aliphatic carbocycles. The standard InChI is InChI=1S/C10H10Cl2N2O3/c1-10(17)8(15)13-9(16)14(10)5-2-3-6(11)7(12)4-5/h2-4,8,15,17H,1H3,(H,13,16). The van der Waals surface area contributed by atoms with E-state index in [4.69, 9.17) is 23.2 Å². The van der Waals surface area contributed by atoms with Gasteiger partial charge in [-0.25, -0.2) is 4.79 Å². The van der Waals surface area contributed by atoms with Crippen molar-refractivity contribution in [2.75, 3.05) is 4.90 Å². The highest BCUT2D eigenvalue weighted by atomic mass is 35.5. The SMILES string of the molecule is CC1(O)C(O)NC(=O)N1c1ccc(Cl)c(Cl)c1. The van der Waals surface area contributed by atoms with Crippen LogP contribution in [-0.4, -0.2) is 28.2 Å². The van der Waals surface area contributed by atoms with Gasteiger partial charge in [-0.3, -0.25) is 4.90 Å². The van der Waals surface area contributed by atoms with Crippen molar-refractivity contribution in [3.63, 3.8) is 0 Å². The molecule has 1 aliphatic rings. The fourth-order valence-electron chi connectivity index (χ4n) is 1.65. The molecule has 2 rings (SSSR count). The van der Waals surface area contributed by atoms with Crippen LogP contribution in [0.5, 0.6) is 0 Å². The molecule has 0 radical (unpaired) electrons. The van der Waals surface area contributed by atoms with Gasteiger partial charge in [0.1, 0.15) is 0 Å². The smallest absolute Gasteiger partial charge is 0.326 e. The molecule has 2 atom stereocenters. The maximum Gasteiger partial charge on any atom is 0.326 e. The quantitative estimate of drug-likeness (QED) is 0.729. The van der Waals surface area contributed by atoms with E-state index >= 15 is 0 Å². The Bertz CT molecular complexity index is 479. The third-order valence-corrected chi connectivity index (χ3v) is 3.33. The number of hydrogen-bond acceptors (Lipinski definition) is 3. The Labute approximate surface area is 108 Å². The van der Waals surface area contributed by atoms with E-state index in [1.54, 1.807) is 0 Å². The summed E-state index contributed by atoms with van der Waals surface area (Å²) in [5, 5.41) is 22.3. The number of amides is 2. The van der Waals surface area contributed by atoms with E-state index in [1.165, 1.54) is 25.1 Å². The van der Waals surface area contributed by atoms with E-state index in [2.05, 4.69) is 5.32 Å². The molecule has 1 heterocycles. The van der Waals surface area contributed by atoms with Crippen LogP contribution >= 0.6 is 23.2 Å². The Balaban J connectivity index is 2.45.